The second-order valence-corrected chi connectivity index (χ2v) is 7.23. The summed E-state index contributed by atoms with van der Waals surface area (Å²) in [4.78, 5) is 26.7. The highest BCUT2D eigenvalue weighted by Gasteiger charge is 2.27. The molecule has 0 spiro atoms. The first-order chi connectivity index (χ1) is 12.3. The summed E-state index contributed by atoms with van der Waals surface area (Å²) >= 11 is 1.68. The molecule has 6 heteroatoms. The van der Waals surface area contributed by atoms with Crippen LogP contribution in [0, 0.1) is 5.92 Å². The van der Waals surface area contributed by atoms with Gasteiger partial charge in [-0.1, -0.05) is 6.07 Å². The molecule has 0 saturated carbocycles. The van der Waals surface area contributed by atoms with Gasteiger partial charge in [-0.05, 0) is 43.0 Å². The standard InChI is InChI=1S/C19H18N4OS/c24-18(22-11-13-3-1-7-20-10-13)14-5-6-16-17(9-14)25-19(23-16)15-4-2-8-21-12-15/h1-4,7-8,10,12,14H,5-6,9,11H2,(H,22,24). The number of aryl methyl sites for hydroxylation is 1. The molecule has 25 heavy (non-hydrogen) atoms. The third-order valence-corrected chi connectivity index (χ3v) is 5.58. The molecule has 126 valence electrons. The van der Waals surface area contributed by atoms with Crippen LogP contribution in [0.1, 0.15) is 22.6 Å². The molecule has 1 unspecified atom stereocenters. The maximum absolute atomic E-state index is 12.5. The van der Waals surface area contributed by atoms with Crippen LogP contribution in [-0.4, -0.2) is 20.9 Å². The number of hydrogen-bond acceptors (Lipinski definition) is 5. The molecule has 0 aliphatic heterocycles. The van der Waals surface area contributed by atoms with Crippen LogP contribution in [0.15, 0.2) is 49.1 Å². The molecule has 0 aromatic carbocycles. The van der Waals surface area contributed by atoms with Gasteiger partial charge in [0.1, 0.15) is 5.01 Å². The van der Waals surface area contributed by atoms with Gasteiger partial charge in [0, 0.05) is 47.7 Å². The number of nitrogens with zero attached hydrogens (tertiary/aromatic N) is 3. The van der Waals surface area contributed by atoms with Gasteiger partial charge in [0.15, 0.2) is 0 Å². The number of fused-ring (bicyclic) bond motifs is 1. The number of carbonyl (C=O) groups is 1. The number of aromatic nitrogens is 3. The van der Waals surface area contributed by atoms with E-state index in [1.165, 1.54) is 4.88 Å². The van der Waals surface area contributed by atoms with E-state index in [0.29, 0.717) is 6.54 Å². The predicted molar refractivity (Wildman–Crippen MR) is 96.9 cm³/mol. The Hall–Kier alpha value is -2.60. The number of amides is 1. The lowest BCUT2D eigenvalue weighted by molar-refractivity contribution is -0.125. The zero-order valence-corrected chi connectivity index (χ0v) is 14.5. The zero-order valence-electron chi connectivity index (χ0n) is 13.7. The Balaban J connectivity index is 1.42. The van der Waals surface area contributed by atoms with Gasteiger partial charge in [0.2, 0.25) is 5.91 Å². The fraction of sp³-hybridized carbons (Fsp3) is 0.263. The number of pyridine rings is 2. The highest BCUT2D eigenvalue weighted by atomic mass is 32.1. The average molecular weight is 350 g/mol. The molecule has 1 atom stereocenters. The van der Waals surface area contributed by atoms with Gasteiger partial charge in [-0.2, -0.15) is 0 Å². The van der Waals surface area contributed by atoms with Crippen LogP contribution in [0.25, 0.3) is 10.6 Å². The van der Waals surface area contributed by atoms with Crippen molar-refractivity contribution in [1.29, 1.82) is 0 Å². The lowest BCUT2D eigenvalue weighted by Crippen LogP contribution is -2.33. The van der Waals surface area contributed by atoms with Gasteiger partial charge < -0.3 is 5.32 Å². The molecule has 4 rings (SSSR count). The number of carbonyl (C=O) groups excluding carboxylic acids is 1. The quantitative estimate of drug-likeness (QED) is 0.785. The summed E-state index contributed by atoms with van der Waals surface area (Å²) in [6.07, 6.45) is 9.59. The fourth-order valence-electron chi connectivity index (χ4n) is 3.05. The van der Waals surface area contributed by atoms with Crippen molar-refractivity contribution in [2.75, 3.05) is 0 Å². The van der Waals surface area contributed by atoms with Crippen LogP contribution in [0.2, 0.25) is 0 Å². The molecule has 5 nitrogen and oxygen atoms in total. The summed E-state index contributed by atoms with van der Waals surface area (Å²) in [5.41, 5.74) is 3.20. The van der Waals surface area contributed by atoms with Crippen molar-refractivity contribution in [3.63, 3.8) is 0 Å². The van der Waals surface area contributed by atoms with E-state index in [-0.39, 0.29) is 11.8 Å². The highest BCUT2D eigenvalue weighted by Crippen LogP contribution is 2.34. The van der Waals surface area contributed by atoms with Crippen molar-refractivity contribution < 1.29 is 4.79 Å². The number of thiazole rings is 1. The van der Waals surface area contributed by atoms with Crippen LogP contribution in [0.4, 0.5) is 0 Å². The summed E-state index contributed by atoms with van der Waals surface area (Å²) in [5, 5.41) is 4.03. The highest BCUT2D eigenvalue weighted by molar-refractivity contribution is 7.15. The van der Waals surface area contributed by atoms with Crippen molar-refractivity contribution >= 4 is 17.2 Å². The van der Waals surface area contributed by atoms with Crippen LogP contribution in [0.5, 0.6) is 0 Å². The minimum Gasteiger partial charge on any atom is -0.352 e. The lowest BCUT2D eigenvalue weighted by atomic mass is 9.90. The Morgan fingerprint density at radius 3 is 2.80 bits per heavy atom. The SMILES string of the molecule is O=C(NCc1cccnc1)C1CCc2nc(-c3cccnc3)sc2C1. The molecule has 1 aliphatic carbocycles. The average Bonchev–Trinajstić information content (AvgIpc) is 3.11. The molecular weight excluding hydrogens is 332 g/mol. The number of rotatable bonds is 4. The normalized spacial score (nSPS) is 16.2. The third-order valence-electron chi connectivity index (χ3n) is 4.41. The van der Waals surface area contributed by atoms with Gasteiger partial charge in [0.05, 0.1) is 5.69 Å². The van der Waals surface area contributed by atoms with E-state index in [1.54, 1.807) is 29.9 Å². The smallest absolute Gasteiger partial charge is 0.223 e. The first-order valence-corrected chi connectivity index (χ1v) is 9.17. The summed E-state index contributed by atoms with van der Waals surface area (Å²) in [7, 11) is 0. The minimum atomic E-state index is 0.0198. The van der Waals surface area contributed by atoms with E-state index in [0.717, 1.165) is 41.1 Å². The Morgan fingerprint density at radius 2 is 2.04 bits per heavy atom. The maximum atomic E-state index is 12.5. The van der Waals surface area contributed by atoms with Gasteiger partial charge in [-0.25, -0.2) is 4.98 Å². The minimum absolute atomic E-state index is 0.0198. The van der Waals surface area contributed by atoms with E-state index in [9.17, 15) is 4.79 Å². The second-order valence-electron chi connectivity index (χ2n) is 6.15. The van der Waals surface area contributed by atoms with Crippen molar-refractivity contribution in [3.05, 3.63) is 65.2 Å². The summed E-state index contributed by atoms with van der Waals surface area (Å²) < 4.78 is 0. The van der Waals surface area contributed by atoms with E-state index in [1.807, 2.05) is 30.5 Å². The first-order valence-electron chi connectivity index (χ1n) is 8.35. The van der Waals surface area contributed by atoms with E-state index in [2.05, 4.69) is 15.3 Å². The third kappa shape index (κ3) is 3.58. The Morgan fingerprint density at radius 1 is 1.20 bits per heavy atom. The Kier molecular flexibility index (Phi) is 4.52. The Bertz CT molecular complexity index is 864. The molecule has 3 aromatic rings. The number of hydrogen-bond donors (Lipinski definition) is 1. The maximum Gasteiger partial charge on any atom is 0.223 e. The van der Waals surface area contributed by atoms with E-state index >= 15 is 0 Å². The summed E-state index contributed by atoms with van der Waals surface area (Å²) in [6, 6.07) is 7.79. The van der Waals surface area contributed by atoms with Gasteiger partial charge in [-0.15, -0.1) is 11.3 Å². The molecule has 0 saturated heterocycles. The molecule has 0 bridgehead atoms. The largest absolute Gasteiger partial charge is 0.352 e. The first kappa shape index (κ1) is 15.9. The van der Waals surface area contributed by atoms with Gasteiger partial charge >= 0.3 is 0 Å². The monoisotopic (exact) mass is 350 g/mol. The summed E-state index contributed by atoms with van der Waals surface area (Å²) in [6.45, 7) is 0.527. The molecule has 1 N–H and O–H groups in total. The van der Waals surface area contributed by atoms with Crippen molar-refractivity contribution in [1.82, 2.24) is 20.3 Å². The zero-order chi connectivity index (χ0) is 17.1. The molecule has 3 aromatic heterocycles. The second kappa shape index (κ2) is 7.11. The van der Waals surface area contributed by atoms with Crippen molar-refractivity contribution in [3.8, 4) is 10.6 Å². The van der Waals surface area contributed by atoms with Gasteiger partial charge in [0.25, 0.3) is 0 Å². The van der Waals surface area contributed by atoms with Crippen LogP contribution >= 0.6 is 11.3 Å². The molecular formula is C19H18N4OS. The molecule has 1 aliphatic rings. The van der Waals surface area contributed by atoms with Crippen LogP contribution in [-0.2, 0) is 24.2 Å². The topological polar surface area (TPSA) is 67.8 Å². The Labute approximate surface area is 150 Å². The predicted octanol–water partition coefficient (Wildman–Crippen LogP) is 3.02. The number of nitrogens with one attached hydrogen (secondary N) is 1. The fourth-order valence-corrected chi connectivity index (χ4v) is 4.23. The van der Waals surface area contributed by atoms with Crippen LogP contribution in [0.3, 0.4) is 0 Å². The van der Waals surface area contributed by atoms with Crippen molar-refractivity contribution in [2.24, 2.45) is 5.92 Å². The van der Waals surface area contributed by atoms with Gasteiger partial charge in [-0.3, -0.25) is 14.8 Å². The summed E-state index contributed by atoms with van der Waals surface area (Å²) in [5.74, 6) is 0.136. The molecule has 1 amide bonds. The van der Waals surface area contributed by atoms with E-state index in [4.69, 9.17) is 4.98 Å². The molecule has 0 fully saturated rings. The van der Waals surface area contributed by atoms with Crippen molar-refractivity contribution in [2.45, 2.75) is 25.8 Å². The van der Waals surface area contributed by atoms with Crippen LogP contribution < -0.4 is 5.32 Å². The molecule has 3 heterocycles. The molecule has 0 radical (unpaired) electrons. The van der Waals surface area contributed by atoms with E-state index < -0.39 is 0 Å². The lowest BCUT2D eigenvalue weighted by Gasteiger charge is -2.20.